The molecule has 2 aliphatic rings. The Morgan fingerprint density at radius 1 is 1.11 bits per heavy atom. The van der Waals surface area contributed by atoms with E-state index < -0.39 is 12.0 Å². The number of carbonyl (C=O) groups is 3. The Labute approximate surface area is 262 Å². The molecular formula is C31H42N8O6. The number of amides is 3. The van der Waals surface area contributed by atoms with E-state index in [0.717, 1.165) is 31.4 Å². The van der Waals surface area contributed by atoms with E-state index in [2.05, 4.69) is 32.5 Å². The van der Waals surface area contributed by atoms with E-state index in [4.69, 9.17) is 20.0 Å². The van der Waals surface area contributed by atoms with Crippen LogP contribution in [0.1, 0.15) is 67.1 Å². The first-order valence-electron chi connectivity index (χ1n) is 15.6. The van der Waals surface area contributed by atoms with Gasteiger partial charge >= 0.3 is 12.0 Å². The van der Waals surface area contributed by atoms with Crippen molar-refractivity contribution < 1.29 is 29.0 Å². The van der Waals surface area contributed by atoms with Crippen LogP contribution in [-0.4, -0.2) is 95.3 Å². The van der Waals surface area contributed by atoms with Crippen molar-refractivity contribution >= 4 is 17.9 Å². The average Bonchev–Trinajstić information content (AvgIpc) is 3.41. The van der Waals surface area contributed by atoms with Gasteiger partial charge in [-0.3, -0.25) is 14.6 Å². The van der Waals surface area contributed by atoms with Gasteiger partial charge in [-0.1, -0.05) is 17.2 Å². The SMILES string of the molecule is [N-]=[N+]=NCCOCCC(=O)NCCCOc1ccc([C@H](CC(=O)O)N2CCN(CCCc3ccc4c(n3)CCCC4)C2=O)cn1. The first-order chi connectivity index (χ1) is 21.9. The van der Waals surface area contributed by atoms with Gasteiger partial charge in [-0.05, 0) is 67.7 Å². The summed E-state index contributed by atoms with van der Waals surface area (Å²) < 4.78 is 10.9. The van der Waals surface area contributed by atoms with E-state index in [-0.39, 0.29) is 44.5 Å². The van der Waals surface area contributed by atoms with Crippen LogP contribution in [0.5, 0.6) is 5.88 Å². The number of carboxylic acids is 1. The molecule has 2 aromatic rings. The number of hydrogen-bond acceptors (Lipinski definition) is 8. The number of rotatable bonds is 19. The maximum absolute atomic E-state index is 13.3. The lowest BCUT2D eigenvalue weighted by molar-refractivity contribution is -0.138. The number of hydrogen-bond donors (Lipinski definition) is 2. The Balaban J connectivity index is 1.19. The van der Waals surface area contributed by atoms with Crippen LogP contribution in [0.2, 0.25) is 0 Å². The maximum Gasteiger partial charge on any atom is 0.320 e. The lowest BCUT2D eigenvalue weighted by Gasteiger charge is -2.27. The van der Waals surface area contributed by atoms with Gasteiger partial charge < -0.3 is 29.7 Å². The second-order valence-corrected chi connectivity index (χ2v) is 11.1. The van der Waals surface area contributed by atoms with Gasteiger partial charge in [0.15, 0.2) is 0 Å². The summed E-state index contributed by atoms with van der Waals surface area (Å²) in [5, 5.41) is 15.7. The second kappa shape index (κ2) is 17.8. The number of azide groups is 1. The summed E-state index contributed by atoms with van der Waals surface area (Å²) in [4.78, 5) is 52.1. The standard InChI is InChI=1S/C31H42N8O6/c32-37-35-14-20-44-19-12-28(40)33-13-4-18-45-29-11-9-24(22-34-29)27(21-30(41)42)39-17-16-38(31(39)43)15-3-6-25-10-8-23-5-1-2-7-26(23)36-25/h8-11,22,27H,1-7,12-21H2,(H,33,40)(H,41,42)/t27-/m0/s1. The van der Waals surface area contributed by atoms with E-state index in [1.807, 2.05) is 0 Å². The molecule has 14 heteroatoms. The van der Waals surface area contributed by atoms with E-state index in [1.165, 1.54) is 24.1 Å². The van der Waals surface area contributed by atoms with Crippen molar-refractivity contribution in [3.8, 4) is 5.88 Å². The highest BCUT2D eigenvalue weighted by atomic mass is 16.5. The Bertz CT molecular complexity index is 1330. The van der Waals surface area contributed by atoms with Crippen LogP contribution in [0.4, 0.5) is 4.79 Å². The molecule has 1 fully saturated rings. The molecule has 0 saturated carbocycles. The predicted octanol–water partition coefficient (Wildman–Crippen LogP) is 3.84. The third kappa shape index (κ3) is 10.6. The molecule has 14 nitrogen and oxygen atoms in total. The van der Waals surface area contributed by atoms with E-state index in [9.17, 15) is 19.5 Å². The third-order valence-electron chi connectivity index (χ3n) is 7.88. The van der Waals surface area contributed by atoms with Crippen molar-refractivity contribution in [2.45, 2.75) is 63.8 Å². The Morgan fingerprint density at radius 3 is 2.78 bits per heavy atom. The highest BCUT2D eigenvalue weighted by molar-refractivity contribution is 5.78. The number of nitrogens with zero attached hydrogens (tertiary/aromatic N) is 7. The maximum atomic E-state index is 13.3. The van der Waals surface area contributed by atoms with Crippen LogP contribution in [0, 0.1) is 0 Å². The summed E-state index contributed by atoms with van der Waals surface area (Å²) in [6.07, 6.45) is 8.25. The molecular weight excluding hydrogens is 580 g/mol. The minimum Gasteiger partial charge on any atom is -0.481 e. The van der Waals surface area contributed by atoms with Crippen LogP contribution >= 0.6 is 0 Å². The van der Waals surface area contributed by atoms with Gasteiger partial charge in [-0.25, -0.2) is 9.78 Å². The van der Waals surface area contributed by atoms with E-state index in [0.29, 0.717) is 50.7 Å². The molecule has 3 heterocycles. The fourth-order valence-corrected chi connectivity index (χ4v) is 5.55. The number of nitrogens with one attached hydrogen (secondary N) is 1. The fraction of sp³-hybridized carbons (Fsp3) is 0.581. The molecule has 242 valence electrons. The molecule has 1 aliphatic carbocycles. The highest BCUT2D eigenvalue weighted by Crippen LogP contribution is 2.29. The molecule has 1 aliphatic heterocycles. The third-order valence-corrected chi connectivity index (χ3v) is 7.88. The van der Waals surface area contributed by atoms with Crippen LogP contribution < -0.4 is 10.1 Å². The number of pyridine rings is 2. The van der Waals surface area contributed by atoms with Gasteiger partial charge in [-0.15, -0.1) is 0 Å². The van der Waals surface area contributed by atoms with E-state index in [1.54, 1.807) is 28.1 Å². The fourth-order valence-electron chi connectivity index (χ4n) is 5.55. The van der Waals surface area contributed by atoms with E-state index >= 15 is 0 Å². The molecule has 2 N–H and O–H groups in total. The summed E-state index contributed by atoms with van der Waals surface area (Å²) in [5.74, 6) is -0.767. The minimum atomic E-state index is -0.994. The molecule has 0 unspecified atom stereocenters. The number of fused-ring (bicyclic) bond motifs is 1. The molecule has 0 aromatic carbocycles. The van der Waals surface area contributed by atoms with Crippen LogP contribution in [0.3, 0.4) is 0 Å². The molecule has 4 rings (SSSR count). The first-order valence-corrected chi connectivity index (χ1v) is 15.6. The molecule has 1 saturated heterocycles. The Kier molecular flexibility index (Phi) is 13.2. The van der Waals surface area contributed by atoms with Crippen molar-refractivity contribution in [1.82, 2.24) is 25.1 Å². The number of aryl methyl sites for hydroxylation is 3. The van der Waals surface area contributed by atoms with Crippen molar-refractivity contribution in [1.29, 1.82) is 0 Å². The zero-order chi connectivity index (χ0) is 31.9. The zero-order valence-corrected chi connectivity index (χ0v) is 25.6. The zero-order valence-electron chi connectivity index (χ0n) is 25.6. The predicted molar refractivity (Wildman–Crippen MR) is 165 cm³/mol. The quantitative estimate of drug-likeness (QED) is 0.102. The Morgan fingerprint density at radius 2 is 1.98 bits per heavy atom. The van der Waals surface area contributed by atoms with Gasteiger partial charge in [0, 0.05) is 67.7 Å². The molecule has 0 spiro atoms. The first kappa shape index (κ1) is 33.5. The minimum absolute atomic E-state index is 0.146. The largest absolute Gasteiger partial charge is 0.481 e. The number of urea groups is 1. The van der Waals surface area contributed by atoms with Gasteiger partial charge in [0.1, 0.15) is 0 Å². The molecule has 1 atom stereocenters. The number of carbonyl (C=O) groups excluding carboxylic acids is 2. The topological polar surface area (TPSA) is 183 Å². The summed E-state index contributed by atoms with van der Waals surface area (Å²) in [5.41, 5.74) is 12.5. The number of aromatic nitrogens is 2. The number of ether oxygens (including phenoxy) is 2. The van der Waals surface area contributed by atoms with Crippen molar-refractivity contribution in [2.75, 3.05) is 52.5 Å². The van der Waals surface area contributed by atoms with Crippen LogP contribution in [-0.2, 0) is 33.6 Å². The number of carboxylic acid groups (broad SMARTS) is 1. The molecule has 3 amide bonds. The monoisotopic (exact) mass is 622 g/mol. The van der Waals surface area contributed by atoms with Crippen LogP contribution in [0.25, 0.3) is 10.4 Å². The second-order valence-electron chi connectivity index (χ2n) is 11.1. The molecule has 0 radical (unpaired) electrons. The molecule has 0 bridgehead atoms. The normalized spacial score (nSPS) is 14.9. The van der Waals surface area contributed by atoms with Gasteiger partial charge in [0.05, 0.1) is 32.3 Å². The lowest BCUT2D eigenvalue weighted by atomic mass is 9.95. The summed E-state index contributed by atoms with van der Waals surface area (Å²) in [7, 11) is 0. The van der Waals surface area contributed by atoms with Crippen molar-refractivity contribution in [2.24, 2.45) is 5.11 Å². The average molecular weight is 623 g/mol. The highest BCUT2D eigenvalue weighted by Gasteiger charge is 2.35. The number of aliphatic carboxylic acids is 1. The molecule has 2 aromatic heterocycles. The van der Waals surface area contributed by atoms with Gasteiger partial charge in [0.2, 0.25) is 11.8 Å². The lowest BCUT2D eigenvalue weighted by Crippen LogP contribution is -2.36. The summed E-state index contributed by atoms with van der Waals surface area (Å²) in [6.45, 7) is 3.08. The van der Waals surface area contributed by atoms with Crippen LogP contribution in [0.15, 0.2) is 35.6 Å². The van der Waals surface area contributed by atoms with Crippen molar-refractivity contribution in [3.05, 3.63) is 63.4 Å². The van der Waals surface area contributed by atoms with Gasteiger partial charge in [0.25, 0.3) is 0 Å². The Hall–Kier alpha value is -4.42. The van der Waals surface area contributed by atoms with Crippen molar-refractivity contribution in [3.63, 3.8) is 0 Å². The summed E-state index contributed by atoms with van der Waals surface area (Å²) in [6, 6.07) is 6.90. The summed E-state index contributed by atoms with van der Waals surface area (Å²) >= 11 is 0. The molecule has 45 heavy (non-hydrogen) atoms. The van der Waals surface area contributed by atoms with Gasteiger partial charge in [-0.2, -0.15) is 0 Å². The smallest absolute Gasteiger partial charge is 0.320 e.